The number of carbonyl (C=O) groups excluding carboxylic acids is 1. The van der Waals surface area contributed by atoms with E-state index < -0.39 is 6.16 Å². The minimum Gasteiger partial charge on any atom is -0.431 e. The molecule has 0 bridgehead atoms. The Morgan fingerprint density at radius 1 is 0.762 bits per heavy atom. The fourth-order valence-electron chi connectivity index (χ4n) is 5.57. The standard InChI is InChI=1S/C27H32N10O5/c1-36-25(38)9-7-21(34-36)28-23-13-19(30-32-23)15-3-5-17(11-15)41-27(40)42-18-6-4-16(12-18)20-14-24(33-31-20)29-22-8-10-26(39)37(2)35-22/h7-10,13-18H,3-6,11-12H2,1-2H3,(H2,28,30,32,34)(H2,29,31,33,35)/t15-,16-,17?,18?/m0/s1. The van der Waals surface area contributed by atoms with Crippen LogP contribution < -0.4 is 21.8 Å². The Balaban J connectivity index is 0.955. The van der Waals surface area contributed by atoms with E-state index in [1.165, 1.54) is 21.5 Å². The van der Waals surface area contributed by atoms with E-state index in [9.17, 15) is 14.4 Å². The summed E-state index contributed by atoms with van der Waals surface area (Å²) in [5, 5.41) is 29.3. The highest BCUT2D eigenvalue weighted by molar-refractivity contribution is 5.60. The van der Waals surface area contributed by atoms with Gasteiger partial charge >= 0.3 is 6.16 Å². The summed E-state index contributed by atoms with van der Waals surface area (Å²) in [6.45, 7) is 0. The summed E-state index contributed by atoms with van der Waals surface area (Å²) in [4.78, 5) is 35.7. The Labute approximate surface area is 239 Å². The van der Waals surface area contributed by atoms with Gasteiger partial charge in [0.05, 0.1) is 11.4 Å². The average Bonchev–Trinajstić information content (AvgIpc) is 3.76. The van der Waals surface area contributed by atoms with Gasteiger partial charge in [0.15, 0.2) is 11.6 Å². The second-order valence-electron chi connectivity index (χ2n) is 10.8. The number of hydrogen-bond acceptors (Lipinski definition) is 11. The first-order valence-corrected chi connectivity index (χ1v) is 13.9. The van der Waals surface area contributed by atoms with Crippen molar-refractivity contribution in [1.82, 2.24) is 40.0 Å². The average molecular weight is 577 g/mol. The molecule has 0 saturated heterocycles. The second-order valence-corrected chi connectivity index (χ2v) is 10.8. The molecule has 15 nitrogen and oxygen atoms in total. The first kappa shape index (κ1) is 27.2. The summed E-state index contributed by atoms with van der Waals surface area (Å²) >= 11 is 0. The number of aromatic amines is 2. The van der Waals surface area contributed by atoms with Gasteiger partial charge in [0, 0.05) is 50.2 Å². The predicted octanol–water partition coefficient (Wildman–Crippen LogP) is 2.93. The molecule has 2 saturated carbocycles. The molecule has 0 aromatic carbocycles. The van der Waals surface area contributed by atoms with E-state index >= 15 is 0 Å². The third-order valence-electron chi connectivity index (χ3n) is 7.77. The first-order valence-electron chi connectivity index (χ1n) is 13.9. The minimum atomic E-state index is -0.637. The van der Waals surface area contributed by atoms with Gasteiger partial charge in [-0.15, -0.1) is 0 Å². The number of H-pyrrole nitrogens is 2. The summed E-state index contributed by atoms with van der Waals surface area (Å²) in [5.74, 6) is 2.69. The lowest BCUT2D eigenvalue weighted by molar-refractivity contribution is 0.00133. The van der Waals surface area contributed by atoms with Gasteiger partial charge in [0.1, 0.15) is 23.8 Å². The van der Waals surface area contributed by atoms with Crippen LogP contribution in [0.3, 0.4) is 0 Å². The third-order valence-corrected chi connectivity index (χ3v) is 7.77. The Bertz CT molecular complexity index is 1570. The van der Waals surface area contributed by atoms with Crippen LogP contribution >= 0.6 is 0 Å². The molecule has 220 valence electrons. The summed E-state index contributed by atoms with van der Waals surface area (Å²) in [6, 6.07) is 9.92. The van der Waals surface area contributed by atoms with Gasteiger partial charge in [-0.2, -0.15) is 20.4 Å². The van der Waals surface area contributed by atoms with Gasteiger partial charge in [-0.3, -0.25) is 19.8 Å². The lowest BCUT2D eigenvalue weighted by Gasteiger charge is -2.15. The zero-order chi connectivity index (χ0) is 29.2. The summed E-state index contributed by atoms with van der Waals surface area (Å²) < 4.78 is 13.8. The Morgan fingerprint density at radius 3 is 1.64 bits per heavy atom. The highest BCUT2D eigenvalue weighted by atomic mass is 16.7. The monoisotopic (exact) mass is 576 g/mol. The Morgan fingerprint density at radius 2 is 1.21 bits per heavy atom. The lowest BCUT2D eigenvalue weighted by atomic mass is 10.0. The molecule has 42 heavy (non-hydrogen) atoms. The molecule has 2 fully saturated rings. The molecule has 2 aliphatic rings. The number of ether oxygens (including phenoxy) is 2. The van der Waals surface area contributed by atoms with Crippen molar-refractivity contribution in [2.24, 2.45) is 14.1 Å². The van der Waals surface area contributed by atoms with Gasteiger partial charge in [-0.05, 0) is 50.7 Å². The molecule has 0 spiro atoms. The van der Waals surface area contributed by atoms with Crippen LogP contribution in [0.2, 0.25) is 0 Å². The lowest BCUT2D eigenvalue weighted by Crippen LogP contribution is -2.21. The summed E-state index contributed by atoms with van der Waals surface area (Å²) in [6.07, 6.45) is 3.38. The third kappa shape index (κ3) is 6.19. The van der Waals surface area contributed by atoms with Crippen LogP contribution in [0.1, 0.15) is 61.7 Å². The molecule has 4 N–H and O–H groups in total. The quantitative estimate of drug-likeness (QED) is 0.226. The maximum Gasteiger partial charge on any atom is 0.508 e. The maximum atomic E-state index is 12.6. The number of rotatable bonds is 8. The maximum absolute atomic E-state index is 12.6. The topological polar surface area (TPSA) is 187 Å². The van der Waals surface area contributed by atoms with Crippen LogP contribution in [-0.4, -0.2) is 58.3 Å². The van der Waals surface area contributed by atoms with Crippen LogP contribution in [0.25, 0.3) is 0 Å². The molecule has 0 radical (unpaired) electrons. The van der Waals surface area contributed by atoms with E-state index in [0.717, 1.165) is 37.1 Å². The second kappa shape index (κ2) is 11.5. The Hall–Kier alpha value is -4.95. The number of aromatic nitrogens is 8. The Kier molecular flexibility index (Phi) is 7.46. The van der Waals surface area contributed by atoms with E-state index in [1.807, 2.05) is 12.1 Å². The van der Waals surface area contributed by atoms with E-state index in [-0.39, 0.29) is 35.2 Å². The highest BCUT2D eigenvalue weighted by Gasteiger charge is 2.34. The molecule has 6 rings (SSSR count). The zero-order valence-corrected chi connectivity index (χ0v) is 23.2. The zero-order valence-electron chi connectivity index (χ0n) is 23.2. The molecule has 15 heteroatoms. The van der Waals surface area contributed by atoms with E-state index in [4.69, 9.17) is 9.47 Å². The first-order chi connectivity index (χ1) is 20.3. The van der Waals surface area contributed by atoms with Crippen molar-refractivity contribution in [1.29, 1.82) is 0 Å². The number of nitrogens with zero attached hydrogens (tertiary/aromatic N) is 6. The predicted molar refractivity (Wildman–Crippen MR) is 151 cm³/mol. The van der Waals surface area contributed by atoms with Crippen molar-refractivity contribution in [3.8, 4) is 0 Å². The normalized spacial score (nSPS) is 21.8. The smallest absolute Gasteiger partial charge is 0.431 e. The molecule has 2 unspecified atom stereocenters. The highest BCUT2D eigenvalue weighted by Crippen LogP contribution is 2.38. The van der Waals surface area contributed by atoms with Gasteiger partial charge < -0.3 is 20.1 Å². The molecule has 2 aliphatic carbocycles. The molecular weight excluding hydrogens is 544 g/mol. The molecule has 4 aromatic heterocycles. The minimum absolute atomic E-state index is 0.150. The van der Waals surface area contributed by atoms with Gasteiger partial charge in [0.25, 0.3) is 11.1 Å². The number of nitrogens with one attached hydrogen (secondary N) is 4. The van der Waals surface area contributed by atoms with Crippen molar-refractivity contribution in [3.05, 3.63) is 68.5 Å². The van der Waals surface area contributed by atoms with Crippen molar-refractivity contribution in [2.75, 3.05) is 10.6 Å². The number of hydrogen-bond donors (Lipinski definition) is 4. The van der Waals surface area contributed by atoms with E-state index in [1.54, 1.807) is 26.2 Å². The van der Waals surface area contributed by atoms with Gasteiger partial charge in [-0.1, -0.05) is 0 Å². The van der Waals surface area contributed by atoms with Gasteiger partial charge in [0.2, 0.25) is 0 Å². The fourth-order valence-corrected chi connectivity index (χ4v) is 5.57. The molecule has 0 aliphatic heterocycles. The van der Waals surface area contributed by atoms with Crippen molar-refractivity contribution in [3.63, 3.8) is 0 Å². The van der Waals surface area contributed by atoms with Crippen molar-refractivity contribution < 1.29 is 14.3 Å². The van der Waals surface area contributed by atoms with E-state index in [2.05, 4.69) is 41.2 Å². The number of aryl methyl sites for hydroxylation is 2. The van der Waals surface area contributed by atoms with Gasteiger partial charge in [-0.25, -0.2) is 14.2 Å². The van der Waals surface area contributed by atoms with Crippen LogP contribution in [-0.2, 0) is 23.6 Å². The summed E-state index contributed by atoms with van der Waals surface area (Å²) in [5.41, 5.74) is 1.37. The van der Waals surface area contributed by atoms with Crippen LogP contribution in [0.15, 0.2) is 46.0 Å². The van der Waals surface area contributed by atoms with E-state index in [0.29, 0.717) is 36.1 Å². The van der Waals surface area contributed by atoms with Crippen LogP contribution in [0, 0.1) is 0 Å². The molecular formula is C27H32N10O5. The van der Waals surface area contributed by atoms with Crippen molar-refractivity contribution >= 4 is 29.4 Å². The largest absolute Gasteiger partial charge is 0.508 e. The van der Waals surface area contributed by atoms with Crippen LogP contribution in [0.5, 0.6) is 0 Å². The fraction of sp³-hybridized carbons (Fsp3) is 0.444. The number of anilines is 4. The van der Waals surface area contributed by atoms with Crippen LogP contribution in [0.4, 0.5) is 28.1 Å². The van der Waals surface area contributed by atoms with Crippen molar-refractivity contribution in [2.45, 2.75) is 62.6 Å². The molecule has 4 aromatic rings. The molecule has 0 amide bonds. The summed E-state index contributed by atoms with van der Waals surface area (Å²) in [7, 11) is 3.18. The number of carbonyl (C=O) groups is 1. The molecule has 4 heterocycles. The molecule has 4 atom stereocenters. The SMILES string of the molecule is Cn1nc(Nc2cc([C@H]3CCC(OC(=O)OC4CC[C@H](c5cc(Nc6ccc(=O)n(C)n6)[nH]n5)C4)C3)n[nH]2)ccc1=O.